The summed E-state index contributed by atoms with van der Waals surface area (Å²) in [6, 6.07) is 11.8. The van der Waals surface area contributed by atoms with Crippen molar-refractivity contribution in [3.8, 4) is 17.1 Å². The molecule has 0 saturated carbocycles. The molecule has 6 heteroatoms. The summed E-state index contributed by atoms with van der Waals surface area (Å²) in [4.78, 5) is 4.14. The predicted molar refractivity (Wildman–Crippen MR) is 96.0 cm³/mol. The highest BCUT2D eigenvalue weighted by molar-refractivity contribution is 7.98. The lowest BCUT2D eigenvalue weighted by Gasteiger charge is -2.10. The van der Waals surface area contributed by atoms with Crippen LogP contribution in [-0.2, 0) is 12.3 Å². The second kappa shape index (κ2) is 7.79. The van der Waals surface area contributed by atoms with Crippen LogP contribution in [0.15, 0.2) is 66.6 Å². The Bertz CT molecular complexity index is 817. The molecule has 3 aromatic rings. The lowest BCUT2D eigenvalue weighted by atomic mass is 10.2. The van der Waals surface area contributed by atoms with Crippen molar-refractivity contribution in [3.05, 3.63) is 67.0 Å². The van der Waals surface area contributed by atoms with Gasteiger partial charge in [0.15, 0.2) is 11.0 Å². The molecule has 1 aromatic carbocycles. The smallest absolute Gasteiger partial charge is 0.192 e. The minimum absolute atomic E-state index is 0.635. The fourth-order valence-corrected chi connectivity index (χ4v) is 3.23. The van der Waals surface area contributed by atoms with E-state index in [-0.39, 0.29) is 0 Å². The van der Waals surface area contributed by atoms with Crippen LogP contribution in [0.3, 0.4) is 0 Å². The summed E-state index contributed by atoms with van der Waals surface area (Å²) in [6.07, 6.45) is 5.48. The average Bonchev–Trinajstić information content (AvgIpc) is 3.03. The van der Waals surface area contributed by atoms with Crippen LogP contribution in [-0.4, -0.2) is 26.9 Å². The van der Waals surface area contributed by atoms with Gasteiger partial charge in [0.05, 0.1) is 12.7 Å². The van der Waals surface area contributed by atoms with E-state index >= 15 is 0 Å². The Kier molecular flexibility index (Phi) is 5.28. The van der Waals surface area contributed by atoms with Crippen molar-refractivity contribution in [3.63, 3.8) is 0 Å². The highest BCUT2D eigenvalue weighted by atomic mass is 32.2. The molecule has 0 fully saturated rings. The maximum Gasteiger partial charge on any atom is 0.192 e. The molecule has 0 aliphatic carbocycles. The number of hydrogen-bond acceptors (Lipinski definition) is 5. The number of nitrogens with zero attached hydrogens (tertiary/aromatic N) is 4. The van der Waals surface area contributed by atoms with E-state index < -0.39 is 0 Å². The van der Waals surface area contributed by atoms with E-state index in [1.54, 1.807) is 25.1 Å². The van der Waals surface area contributed by atoms with E-state index in [1.165, 1.54) is 0 Å². The standard InChI is InChI=1S/C18H18N4OS/c1-3-11-22-17(15-8-4-5-9-16(15)23-2)20-21-18(22)24-13-14-7-6-10-19-12-14/h3-10,12H,1,11,13H2,2H3. The van der Waals surface area contributed by atoms with E-state index in [2.05, 4.69) is 27.8 Å². The van der Waals surface area contributed by atoms with Crippen LogP contribution < -0.4 is 4.74 Å². The van der Waals surface area contributed by atoms with Crippen LogP contribution in [0.4, 0.5) is 0 Å². The van der Waals surface area contributed by atoms with E-state index in [1.807, 2.05) is 47.2 Å². The normalized spacial score (nSPS) is 10.5. The van der Waals surface area contributed by atoms with Crippen molar-refractivity contribution in [2.75, 3.05) is 7.11 Å². The van der Waals surface area contributed by atoms with Crippen LogP contribution in [0.2, 0.25) is 0 Å². The Hall–Kier alpha value is -2.60. The Morgan fingerprint density at radius 1 is 1.21 bits per heavy atom. The molecule has 0 unspecified atom stereocenters. The van der Waals surface area contributed by atoms with Crippen molar-refractivity contribution in [2.45, 2.75) is 17.5 Å². The second-order valence-corrected chi connectivity index (χ2v) is 6.00. The number of benzene rings is 1. The molecule has 2 aromatic heterocycles. The zero-order valence-corrected chi connectivity index (χ0v) is 14.2. The number of aromatic nitrogens is 4. The summed E-state index contributed by atoms with van der Waals surface area (Å²) in [5.41, 5.74) is 2.07. The molecule has 0 bridgehead atoms. The summed E-state index contributed by atoms with van der Waals surface area (Å²) in [5.74, 6) is 2.34. The predicted octanol–water partition coefficient (Wildman–Crippen LogP) is 3.83. The summed E-state index contributed by atoms with van der Waals surface area (Å²) in [5, 5.41) is 9.58. The minimum atomic E-state index is 0.635. The summed E-state index contributed by atoms with van der Waals surface area (Å²) in [6.45, 7) is 4.48. The molecule has 0 N–H and O–H groups in total. The monoisotopic (exact) mass is 338 g/mol. The van der Waals surface area contributed by atoms with E-state index in [0.717, 1.165) is 33.6 Å². The fraction of sp³-hybridized carbons (Fsp3) is 0.167. The molecule has 0 saturated heterocycles. The molecule has 0 atom stereocenters. The number of allylic oxidation sites excluding steroid dienone is 1. The number of methoxy groups -OCH3 is 1. The average molecular weight is 338 g/mol. The van der Waals surface area contributed by atoms with Gasteiger partial charge in [0.25, 0.3) is 0 Å². The zero-order chi connectivity index (χ0) is 16.8. The highest BCUT2D eigenvalue weighted by Crippen LogP contribution is 2.31. The number of rotatable bonds is 7. The van der Waals surface area contributed by atoms with Crippen LogP contribution in [0, 0.1) is 0 Å². The van der Waals surface area contributed by atoms with Gasteiger partial charge in [-0.05, 0) is 23.8 Å². The maximum absolute atomic E-state index is 5.45. The third-order valence-electron chi connectivity index (χ3n) is 3.47. The molecular weight excluding hydrogens is 320 g/mol. The number of hydrogen-bond donors (Lipinski definition) is 0. The molecule has 3 rings (SSSR count). The van der Waals surface area contributed by atoms with E-state index in [0.29, 0.717) is 6.54 Å². The van der Waals surface area contributed by atoms with Crippen molar-refractivity contribution >= 4 is 11.8 Å². The van der Waals surface area contributed by atoms with Gasteiger partial charge in [-0.25, -0.2) is 0 Å². The van der Waals surface area contributed by atoms with Crippen molar-refractivity contribution < 1.29 is 4.74 Å². The molecular formula is C18H18N4OS. The molecule has 5 nitrogen and oxygen atoms in total. The first-order chi connectivity index (χ1) is 11.8. The van der Waals surface area contributed by atoms with Gasteiger partial charge in [0.1, 0.15) is 5.75 Å². The van der Waals surface area contributed by atoms with Gasteiger partial charge in [0.2, 0.25) is 0 Å². The number of thioether (sulfide) groups is 1. The lowest BCUT2D eigenvalue weighted by molar-refractivity contribution is 0.416. The first-order valence-electron chi connectivity index (χ1n) is 7.52. The molecule has 2 heterocycles. The van der Waals surface area contributed by atoms with Crippen LogP contribution in [0.25, 0.3) is 11.4 Å². The first kappa shape index (κ1) is 16.3. The van der Waals surface area contributed by atoms with Crippen molar-refractivity contribution in [1.29, 1.82) is 0 Å². The third-order valence-corrected chi connectivity index (χ3v) is 4.51. The van der Waals surface area contributed by atoms with E-state index in [9.17, 15) is 0 Å². The van der Waals surface area contributed by atoms with Gasteiger partial charge in [-0.15, -0.1) is 16.8 Å². The van der Waals surface area contributed by atoms with Gasteiger partial charge in [-0.2, -0.15) is 0 Å². The third kappa shape index (κ3) is 3.49. The fourth-order valence-electron chi connectivity index (χ4n) is 2.35. The maximum atomic E-state index is 5.45. The topological polar surface area (TPSA) is 52.8 Å². The Morgan fingerprint density at radius 3 is 2.83 bits per heavy atom. The van der Waals surface area contributed by atoms with Gasteiger partial charge in [-0.3, -0.25) is 9.55 Å². The second-order valence-electron chi connectivity index (χ2n) is 5.06. The molecule has 0 amide bonds. The van der Waals surface area contributed by atoms with Crippen molar-refractivity contribution in [1.82, 2.24) is 19.7 Å². The van der Waals surface area contributed by atoms with E-state index in [4.69, 9.17) is 4.74 Å². The quantitative estimate of drug-likeness (QED) is 0.484. The summed E-state index contributed by atoms with van der Waals surface area (Å²) in [7, 11) is 1.66. The molecule has 24 heavy (non-hydrogen) atoms. The van der Waals surface area contributed by atoms with Gasteiger partial charge >= 0.3 is 0 Å². The molecule has 0 spiro atoms. The van der Waals surface area contributed by atoms with Crippen molar-refractivity contribution in [2.24, 2.45) is 0 Å². The summed E-state index contributed by atoms with van der Waals surface area (Å²) < 4.78 is 7.50. The largest absolute Gasteiger partial charge is 0.496 e. The van der Waals surface area contributed by atoms with Crippen LogP contribution >= 0.6 is 11.8 Å². The molecule has 0 radical (unpaired) electrons. The first-order valence-corrected chi connectivity index (χ1v) is 8.51. The number of para-hydroxylation sites is 1. The Labute approximate surface area is 145 Å². The van der Waals surface area contributed by atoms with Crippen LogP contribution in [0.5, 0.6) is 5.75 Å². The molecule has 0 aliphatic heterocycles. The molecule has 0 aliphatic rings. The Morgan fingerprint density at radius 2 is 2.08 bits per heavy atom. The Balaban J connectivity index is 1.91. The minimum Gasteiger partial charge on any atom is -0.496 e. The SMILES string of the molecule is C=CCn1c(SCc2cccnc2)nnc1-c1ccccc1OC. The number of pyridine rings is 1. The number of ether oxygens (including phenoxy) is 1. The zero-order valence-electron chi connectivity index (χ0n) is 13.4. The van der Waals surface area contributed by atoms with Gasteiger partial charge < -0.3 is 4.74 Å². The van der Waals surface area contributed by atoms with Gasteiger partial charge in [-0.1, -0.05) is 36.0 Å². The summed E-state index contributed by atoms with van der Waals surface area (Å²) >= 11 is 1.63. The highest BCUT2D eigenvalue weighted by Gasteiger charge is 2.16. The molecule has 122 valence electrons. The lowest BCUT2D eigenvalue weighted by Crippen LogP contribution is -2.01. The van der Waals surface area contributed by atoms with Crippen LogP contribution in [0.1, 0.15) is 5.56 Å². The van der Waals surface area contributed by atoms with Gasteiger partial charge in [0, 0.05) is 24.7 Å².